The molecular formula is C12H22N2O3. The van der Waals surface area contributed by atoms with Gasteiger partial charge in [-0.1, -0.05) is 19.8 Å². The Morgan fingerprint density at radius 2 is 2.12 bits per heavy atom. The van der Waals surface area contributed by atoms with Crippen molar-refractivity contribution in [2.75, 3.05) is 0 Å². The summed E-state index contributed by atoms with van der Waals surface area (Å²) in [5.41, 5.74) is 5.01. The molecule has 0 aliphatic heterocycles. The van der Waals surface area contributed by atoms with E-state index in [0.29, 0.717) is 6.42 Å². The zero-order valence-corrected chi connectivity index (χ0v) is 10.5. The van der Waals surface area contributed by atoms with E-state index < -0.39 is 17.6 Å². The summed E-state index contributed by atoms with van der Waals surface area (Å²) in [7, 11) is 0. The van der Waals surface area contributed by atoms with Gasteiger partial charge in [-0.15, -0.1) is 0 Å². The van der Waals surface area contributed by atoms with Crippen LogP contribution in [0.5, 0.6) is 0 Å². The minimum Gasteiger partial charge on any atom is -0.480 e. The molecular weight excluding hydrogens is 220 g/mol. The fraction of sp³-hybridized carbons (Fsp3) is 0.833. The number of carbonyl (C=O) groups excluding carboxylic acids is 1. The van der Waals surface area contributed by atoms with Crippen LogP contribution in [-0.4, -0.2) is 28.6 Å². The van der Waals surface area contributed by atoms with Crippen molar-refractivity contribution in [3.8, 4) is 0 Å². The molecule has 0 saturated heterocycles. The number of hydrogen-bond acceptors (Lipinski definition) is 3. The Balaban J connectivity index is 2.53. The summed E-state index contributed by atoms with van der Waals surface area (Å²) in [6.07, 6.45) is 4.04. The third-order valence-corrected chi connectivity index (χ3v) is 3.36. The van der Waals surface area contributed by atoms with Gasteiger partial charge in [-0.25, -0.2) is 4.79 Å². The Hall–Kier alpha value is -1.10. The lowest BCUT2D eigenvalue weighted by atomic mass is 9.95. The Labute approximate surface area is 102 Å². The molecule has 0 spiro atoms. The lowest BCUT2D eigenvalue weighted by Gasteiger charge is -2.25. The zero-order chi connectivity index (χ0) is 13.1. The van der Waals surface area contributed by atoms with Crippen LogP contribution in [0.15, 0.2) is 0 Å². The largest absolute Gasteiger partial charge is 0.480 e. The molecule has 4 N–H and O–H groups in total. The molecule has 5 heteroatoms. The van der Waals surface area contributed by atoms with Crippen LogP contribution in [0.1, 0.15) is 46.0 Å². The molecule has 1 saturated carbocycles. The van der Waals surface area contributed by atoms with Crippen molar-refractivity contribution in [3.05, 3.63) is 0 Å². The first-order valence-electron chi connectivity index (χ1n) is 6.22. The molecule has 2 unspecified atom stereocenters. The van der Waals surface area contributed by atoms with Gasteiger partial charge in [0, 0.05) is 0 Å². The van der Waals surface area contributed by atoms with Gasteiger partial charge in [0.1, 0.15) is 6.04 Å². The van der Waals surface area contributed by atoms with E-state index in [2.05, 4.69) is 5.32 Å². The van der Waals surface area contributed by atoms with Gasteiger partial charge < -0.3 is 16.2 Å². The first kappa shape index (κ1) is 14.0. The molecule has 1 amide bonds. The maximum atomic E-state index is 11.9. The Bertz CT molecular complexity index is 298. The summed E-state index contributed by atoms with van der Waals surface area (Å²) >= 11 is 0. The second-order valence-corrected chi connectivity index (χ2v) is 5.06. The molecule has 98 valence electrons. The first-order chi connectivity index (χ1) is 7.89. The highest BCUT2D eigenvalue weighted by Gasteiger charge is 2.44. The molecule has 0 aromatic carbocycles. The average Bonchev–Trinajstić information content (AvgIpc) is 3.06. The SMILES string of the molecule is CCCCC(NC(=O)C(C)(N)C1CC1)C(=O)O. The van der Waals surface area contributed by atoms with E-state index in [0.717, 1.165) is 25.7 Å². The van der Waals surface area contributed by atoms with Crippen LogP contribution in [0.2, 0.25) is 0 Å². The molecule has 1 fully saturated rings. The molecule has 1 aliphatic carbocycles. The van der Waals surface area contributed by atoms with Gasteiger partial charge in [0.15, 0.2) is 0 Å². The number of amides is 1. The highest BCUT2D eigenvalue weighted by molar-refractivity contribution is 5.90. The van der Waals surface area contributed by atoms with E-state index in [-0.39, 0.29) is 11.8 Å². The van der Waals surface area contributed by atoms with Crippen LogP contribution >= 0.6 is 0 Å². The fourth-order valence-corrected chi connectivity index (χ4v) is 1.85. The van der Waals surface area contributed by atoms with Crippen molar-refractivity contribution in [1.82, 2.24) is 5.32 Å². The molecule has 0 aromatic rings. The number of nitrogens with two attached hydrogens (primary N) is 1. The van der Waals surface area contributed by atoms with Crippen molar-refractivity contribution in [2.24, 2.45) is 11.7 Å². The van der Waals surface area contributed by atoms with Crippen LogP contribution in [0.25, 0.3) is 0 Å². The number of rotatable bonds is 7. The zero-order valence-electron chi connectivity index (χ0n) is 10.5. The topological polar surface area (TPSA) is 92.4 Å². The monoisotopic (exact) mass is 242 g/mol. The van der Waals surface area contributed by atoms with E-state index >= 15 is 0 Å². The quantitative estimate of drug-likeness (QED) is 0.617. The van der Waals surface area contributed by atoms with E-state index in [9.17, 15) is 9.59 Å². The lowest BCUT2D eigenvalue weighted by molar-refractivity contribution is -0.143. The normalized spacial score (nSPS) is 20.4. The molecule has 0 bridgehead atoms. The number of carboxylic acid groups (broad SMARTS) is 1. The van der Waals surface area contributed by atoms with Crippen molar-refractivity contribution >= 4 is 11.9 Å². The highest BCUT2D eigenvalue weighted by atomic mass is 16.4. The third-order valence-electron chi connectivity index (χ3n) is 3.36. The summed E-state index contributed by atoms with van der Waals surface area (Å²) in [6.45, 7) is 3.66. The van der Waals surface area contributed by atoms with E-state index in [1.807, 2.05) is 6.92 Å². The van der Waals surface area contributed by atoms with Crippen molar-refractivity contribution in [2.45, 2.75) is 57.5 Å². The molecule has 0 radical (unpaired) electrons. The van der Waals surface area contributed by atoms with Gasteiger partial charge in [-0.3, -0.25) is 4.79 Å². The third kappa shape index (κ3) is 3.70. The summed E-state index contributed by atoms with van der Waals surface area (Å²) in [5.74, 6) is -1.13. The standard InChI is InChI=1S/C12H22N2O3/c1-3-4-5-9(10(15)16)14-11(17)12(2,13)8-6-7-8/h8-9H,3-7,13H2,1-2H3,(H,14,17)(H,15,16). The number of hydrogen-bond donors (Lipinski definition) is 3. The Morgan fingerprint density at radius 3 is 2.53 bits per heavy atom. The summed E-state index contributed by atoms with van der Waals surface area (Å²) in [4.78, 5) is 22.9. The number of aliphatic carboxylic acids is 1. The summed E-state index contributed by atoms with van der Waals surface area (Å²) in [6, 6.07) is -0.816. The van der Waals surface area contributed by atoms with Gasteiger partial charge >= 0.3 is 5.97 Å². The number of carboxylic acids is 1. The predicted octanol–water partition coefficient (Wildman–Crippen LogP) is 0.873. The van der Waals surface area contributed by atoms with Gasteiger partial charge in [-0.05, 0) is 32.1 Å². The van der Waals surface area contributed by atoms with Gasteiger partial charge in [0.2, 0.25) is 5.91 Å². The highest BCUT2D eigenvalue weighted by Crippen LogP contribution is 2.38. The fourth-order valence-electron chi connectivity index (χ4n) is 1.85. The minimum atomic E-state index is -0.988. The molecule has 2 atom stereocenters. The van der Waals surface area contributed by atoms with Crippen molar-refractivity contribution in [1.29, 1.82) is 0 Å². The minimum absolute atomic E-state index is 0.197. The second kappa shape index (κ2) is 5.49. The van der Waals surface area contributed by atoms with Gasteiger partial charge in [-0.2, -0.15) is 0 Å². The first-order valence-corrected chi connectivity index (χ1v) is 6.22. The smallest absolute Gasteiger partial charge is 0.326 e. The number of nitrogens with one attached hydrogen (secondary N) is 1. The van der Waals surface area contributed by atoms with Crippen LogP contribution in [0, 0.1) is 5.92 Å². The molecule has 0 heterocycles. The lowest BCUT2D eigenvalue weighted by Crippen LogP contribution is -2.57. The van der Waals surface area contributed by atoms with Crippen LogP contribution < -0.4 is 11.1 Å². The second-order valence-electron chi connectivity index (χ2n) is 5.06. The van der Waals surface area contributed by atoms with E-state index in [1.165, 1.54) is 0 Å². The van der Waals surface area contributed by atoms with Gasteiger partial charge in [0.25, 0.3) is 0 Å². The molecule has 0 aromatic heterocycles. The van der Waals surface area contributed by atoms with Crippen LogP contribution in [0.4, 0.5) is 0 Å². The number of unbranched alkanes of at least 4 members (excludes halogenated alkanes) is 1. The Kier molecular flexibility index (Phi) is 4.51. The summed E-state index contributed by atoms with van der Waals surface area (Å²) in [5, 5.41) is 11.6. The molecule has 1 rings (SSSR count). The average molecular weight is 242 g/mol. The maximum Gasteiger partial charge on any atom is 0.326 e. The number of carbonyl (C=O) groups is 2. The van der Waals surface area contributed by atoms with Crippen LogP contribution in [-0.2, 0) is 9.59 Å². The van der Waals surface area contributed by atoms with E-state index in [1.54, 1.807) is 6.92 Å². The Morgan fingerprint density at radius 1 is 1.53 bits per heavy atom. The predicted molar refractivity (Wildman–Crippen MR) is 64.4 cm³/mol. The van der Waals surface area contributed by atoms with Gasteiger partial charge in [0.05, 0.1) is 5.54 Å². The van der Waals surface area contributed by atoms with Crippen molar-refractivity contribution in [3.63, 3.8) is 0 Å². The van der Waals surface area contributed by atoms with E-state index in [4.69, 9.17) is 10.8 Å². The maximum absolute atomic E-state index is 11.9. The molecule has 5 nitrogen and oxygen atoms in total. The summed E-state index contributed by atoms with van der Waals surface area (Å²) < 4.78 is 0. The molecule has 17 heavy (non-hydrogen) atoms. The van der Waals surface area contributed by atoms with Crippen molar-refractivity contribution < 1.29 is 14.7 Å². The van der Waals surface area contributed by atoms with Crippen LogP contribution in [0.3, 0.4) is 0 Å². The molecule has 1 aliphatic rings.